The Morgan fingerprint density at radius 1 is 1.20 bits per heavy atom. The maximum Gasteiger partial charge on any atom is 0.332 e. The van der Waals surface area contributed by atoms with Crippen molar-refractivity contribution in [1.82, 2.24) is 0 Å². The second-order valence-corrected chi connectivity index (χ2v) is 8.24. The van der Waals surface area contributed by atoms with E-state index in [1.165, 1.54) is 6.42 Å². The number of hydrogen-bond donors (Lipinski definition) is 1. The maximum absolute atomic E-state index is 11.8. The molecule has 0 aromatic heterocycles. The van der Waals surface area contributed by atoms with Crippen LogP contribution in [0.4, 0.5) is 0 Å². The molecule has 0 aromatic carbocycles. The molecule has 4 bridgehead atoms. The van der Waals surface area contributed by atoms with Crippen molar-refractivity contribution in [1.29, 1.82) is 0 Å². The second-order valence-electron chi connectivity index (χ2n) is 8.24. The average Bonchev–Trinajstić information content (AvgIpc) is 2.20. The van der Waals surface area contributed by atoms with Gasteiger partial charge in [0, 0.05) is 6.42 Å². The lowest BCUT2D eigenvalue weighted by Gasteiger charge is -2.59. The minimum Gasteiger partial charge on any atom is -0.458 e. The summed E-state index contributed by atoms with van der Waals surface area (Å²) in [6, 6.07) is 0. The van der Waals surface area contributed by atoms with Crippen LogP contribution in [-0.4, -0.2) is 34.5 Å². The van der Waals surface area contributed by atoms with Gasteiger partial charge in [0.2, 0.25) is 0 Å². The Morgan fingerprint density at radius 3 is 2.30 bits per heavy atom. The molecule has 20 heavy (non-hydrogen) atoms. The minimum atomic E-state index is -0.544. The van der Waals surface area contributed by atoms with Gasteiger partial charge in [-0.3, -0.25) is 0 Å². The second kappa shape index (κ2) is 4.44. The third kappa shape index (κ3) is 2.86. The predicted molar refractivity (Wildman–Crippen MR) is 74.2 cm³/mol. The fourth-order valence-corrected chi connectivity index (χ4v) is 4.88. The van der Waals surface area contributed by atoms with E-state index in [0.717, 1.165) is 25.7 Å². The van der Waals surface area contributed by atoms with E-state index in [2.05, 4.69) is 0 Å². The molecule has 4 aliphatic rings. The van der Waals surface area contributed by atoms with Crippen LogP contribution in [0.2, 0.25) is 0 Å². The maximum atomic E-state index is 11.8. The minimum absolute atomic E-state index is 0.00674. The Hall–Kier alpha value is -0.610. The Labute approximate surface area is 120 Å². The molecule has 0 aliphatic heterocycles. The highest BCUT2D eigenvalue weighted by Gasteiger charge is 2.58. The van der Waals surface area contributed by atoms with Crippen LogP contribution in [0.15, 0.2) is 0 Å². The number of esters is 1. The van der Waals surface area contributed by atoms with Crippen molar-refractivity contribution in [3.63, 3.8) is 0 Å². The van der Waals surface area contributed by atoms with Crippen molar-refractivity contribution in [2.45, 2.75) is 76.1 Å². The highest BCUT2D eigenvalue weighted by molar-refractivity contribution is 5.71. The smallest absolute Gasteiger partial charge is 0.332 e. The van der Waals surface area contributed by atoms with E-state index < -0.39 is 11.2 Å². The van der Waals surface area contributed by atoms with E-state index in [0.29, 0.717) is 18.3 Å². The molecule has 4 heteroatoms. The van der Waals surface area contributed by atoms with E-state index in [4.69, 9.17) is 9.47 Å². The van der Waals surface area contributed by atoms with Gasteiger partial charge in [-0.1, -0.05) is 0 Å². The van der Waals surface area contributed by atoms with Crippen LogP contribution < -0.4 is 0 Å². The lowest BCUT2D eigenvalue weighted by atomic mass is 9.52. The molecule has 0 spiro atoms. The largest absolute Gasteiger partial charge is 0.458 e. The molecule has 0 radical (unpaired) electrons. The van der Waals surface area contributed by atoms with Gasteiger partial charge in [0.1, 0.15) is 12.2 Å². The highest BCUT2D eigenvalue weighted by Crippen LogP contribution is 2.58. The molecule has 0 amide bonds. The van der Waals surface area contributed by atoms with Crippen LogP contribution in [0.3, 0.4) is 0 Å². The summed E-state index contributed by atoms with van der Waals surface area (Å²) in [6.07, 6.45) is 5.74. The lowest BCUT2D eigenvalue weighted by molar-refractivity contribution is -0.225. The highest BCUT2D eigenvalue weighted by atomic mass is 16.6. The van der Waals surface area contributed by atoms with Crippen molar-refractivity contribution in [2.75, 3.05) is 6.61 Å². The van der Waals surface area contributed by atoms with E-state index in [-0.39, 0.29) is 18.2 Å². The summed E-state index contributed by atoms with van der Waals surface area (Å²) in [5, 5.41) is 10.6. The molecule has 4 saturated carbocycles. The van der Waals surface area contributed by atoms with Gasteiger partial charge >= 0.3 is 5.97 Å². The Kier molecular flexibility index (Phi) is 3.18. The normalized spacial score (nSPS) is 42.8. The molecule has 2 unspecified atom stereocenters. The van der Waals surface area contributed by atoms with Gasteiger partial charge in [-0.05, 0) is 64.7 Å². The van der Waals surface area contributed by atoms with Crippen molar-refractivity contribution >= 4 is 5.97 Å². The number of hydrogen-bond acceptors (Lipinski definition) is 4. The van der Waals surface area contributed by atoms with Crippen molar-refractivity contribution in [3.05, 3.63) is 0 Å². The topological polar surface area (TPSA) is 55.8 Å². The number of ether oxygens (including phenoxy) is 2. The summed E-state index contributed by atoms with van der Waals surface area (Å²) in [5.74, 6) is 0.833. The van der Waals surface area contributed by atoms with Gasteiger partial charge in [-0.2, -0.15) is 0 Å². The fourth-order valence-electron chi connectivity index (χ4n) is 4.88. The average molecular weight is 282 g/mol. The number of aliphatic hydroxyl groups is 1. The van der Waals surface area contributed by atoms with Gasteiger partial charge in [0.25, 0.3) is 0 Å². The Bertz CT molecular complexity index is 395. The first-order valence-corrected chi connectivity index (χ1v) is 7.75. The summed E-state index contributed by atoms with van der Waals surface area (Å²) >= 11 is 0. The zero-order valence-corrected chi connectivity index (χ0v) is 12.8. The van der Waals surface area contributed by atoms with Gasteiger partial charge in [-0.15, -0.1) is 0 Å². The van der Waals surface area contributed by atoms with E-state index in [1.807, 2.05) is 20.8 Å². The van der Waals surface area contributed by atoms with Gasteiger partial charge in [0.15, 0.2) is 0 Å². The standard InChI is InChI=1S/C16H26O4/c1-14(2,3)20-13(17)9-19-16-7-11-4-12(8-16)6-15(18,5-11)10-16/h11-12,18H,4-10H2,1-3H3. The van der Waals surface area contributed by atoms with Crippen LogP contribution in [-0.2, 0) is 14.3 Å². The fraction of sp³-hybridized carbons (Fsp3) is 0.938. The van der Waals surface area contributed by atoms with Crippen molar-refractivity contribution in [2.24, 2.45) is 11.8 Å². The van der Waals surface area contributed by atoms with Crippen LogP contribution in [0.1, 0.15) is 59.3 Å². The summed E-state index contributed by atoms with van der Waals surface area (Å²) in [4.78, 5) is 11.8. The molecule has 114 valence electrons. The molecule has 0 aromatic rings. The molecular weight excluding hydrogens is 256 g/mol. The monoisotopic (exact) mass is 282 g/mol. The van der Waals surface area contributed by atoms with E-state index >= 15 is 0 Å². The summed E-state index contributed by atoms with van der Waals surface area (Å²) in [5.41, 5.74) is -1.30. The first-order chi connectivity index (χ1) is 9.17. The van der Waals surface area contributed by atoms with Gasteiger partial charge < -0.3 is 14.6 Å². The Morgan fingerprint density at radius 2 is 1.80 bits per heavy atom. The van der Waals surface area contributed by atoms with Crippen LogP contribution in [0.25, 0.3) is 0 Å². The number of carbonyl (C=O) groups excluding carboxylic acids is 1. The zero-order chi connectivity index (χ0) is 14.6. The van der Waals surface area contributed by atoms with Gasteiger partial charge in [-0.25, -0.2) is 4.79 Å². The third-order valence-electron chi connectivity index (χ3n) is 4.89. The SMILES string of the molecule is CC(C)(C)OC(=O)COC12CC3CC(CC(O)(C3)C1)C2. The number of carbonyl (C=O) groups is 1. The zero-order valence-electron chi connectivity index (χ0n) is 12.8. The van der Waals surface area contributed by atoms with Crippen molar-refractivity contribution in [3.8, 4) is 0 Å². The Balaban J connectivity index is 1.61. The van der Waals surface area contributed by atoms with E-state index in [1.54, 1.807) is 0 Å². The molecule has 4 aliphatic carbocycles. The summed E-state index contributed by atoms with van der Waals surface area (Å²) in [6.45, 7) is 5.59. The molecular formula is C16H26O4. The molecule has 4 rings (SSSR count). The summed E-state index contributed by atoms with van der Waals surface area (Å²) in [7, 11) is 0. The van der Waals surface area contributed by atoms with Crippen LogP contribution in [0, 0.1) is 11.8 Å². The molecule has 4 fully saturated rings. The predicted octanol–water partition coefficient (Wildman–Crippen LogP) is 2.43. The number of rotatable bonds is 3. The lowest BCUT2D eigenvalue weighted by Crippen LogP contribution is -2.60. The van der Waals surface area contributed by atoms with E-state index in [9.17, 15) is 9.90 Å². The quantitative estimate of drug-likeness (QED) is 0.808. The first-order valence-electron chi connectivity index (χ1n) is 7.75. The molecule has 1 N–H and O–H groups in total. The summed E-state index contributed by atoms with van der Waals surface area (Å²) < 4.78 is 11.3. The van der Waals surface area contributed by atoms with Crippen molar-refractivity contribution < 1.29 is 19.4 Å². The molecule has 0 saturated heterocycles. The van der Waals surface area contributed by atoms with Gasteiger partial charge in [0.05, 0.1) is 11.2 Å². The molecule has 0 heterocycles. The van der Waals surface area contributed by atoms with Crippen LogP contribution >= 0.6 is 0 Å². The van der Waals surface area contributed by atoms with Crippen LogP contribution in [0.5, 0.6) is 0 Å². The third-order valence-corrected chi connectivity index (χ3v) is 4.89. The molecule has 2 atom stereocenters. The molecule has 4 nitrogen and oxygen atoms in total. The first kappa shape index (κ1) is 14.3.